The molecule has 0 aromatic carbocycles. The summed E-state index contributed by atoms with van der Waals surface area (Å²) in [6.45, 7) is 4.30. The van der Waals surface area contributed by atoms with Crippen LogP contribution in [0.1, 0.15) is 39.0 Å². The zero-order chi connectivity index (χ0) is 9.97. The van der Waals surface area contributed by atoms with Crippen LogP contribution in [-0.2, 0) is 0 Å². The molecule has 2 atom stereocenters. The quantitative estimate of drug-likeness (QED) is 0.723. The SMILES string of the molecule is CC(C1CCCCC1)C(O)C1CNC1. The molecule has 82 valence electrons. The fraction of sp³-hybridized carbons (Fsp3) is 1.00. The van der Waals surface area contributed by atoms with Crippen LogP contribution in [0.5, 0.6) is 0 Å². The van der Waals surface area contributed by atoms with Gasteiger partial charge in [0.1, 0.15) is 0 Å². The Morgan fingerprint density at radius 2 is 1.71 bits per heavy atom. The van der Waals surface area contributed by atoms with Gasteiger partial charge in [-0.2, -0.15) is 0 Å². The van der Waals surface area contributed by atoms with Crippen molar-refractivity contribution >= 4 is 0 Å². The molecule has 1 saturated heterocycles. The summed E-state index contributed by atoms with van der Waals surface area (Å²) in [7, 11) is 0. The van der Waals surface area contributed by atoms with Gasteiger partial charge in [-0.15, -0.1) is 0 Å². The molecular weight excluding hydrogens is 174 g/mol. The smallest absolute Gasteiger partial charge is 0.0620 e. The van der Waals surface area contributed by atoms with Crippen LogP contribution in [-0.4, -0.2) is 24.3 Å². The zero-order valence-electron chi connectivity index (χ0n) is 9.21. The van der Waals surface area contributed by atoms with Crippen LogP contribution < -0.4 is 5.32 Å². The van der Waals surface area contributed by atoms with E-state index in [1.165, 1.54) is 32.1 Å². The van der Waals surface area contributed by atoms with Crippen LogP contribution in [0.15, 0.2) is 0 Å². The van der Waals surface area contributed by atoms with Crippen molar-refractivity contribution in [1.29, 1.82) is 0 Å². The van der Waals surface area contributed by atoms with E-state index in [4.69, 9.17) is 0 Å². The molecule has 0 bridgehead atoms. The van der Waals surface area contributed by atoms with Crippen LogP contribution >= 0.6 is 0 Å². The fourth-order valence-corrected chi connectivity index (χ4v) is 2.92. The topological polar surface area (TPSA) is 32.3 Å². The predicted molar refractivity (Wildman–Crippen MR) is 58.1 cm³/mol. The molecule has 1 aliphatic heterocycles. The van der Waals surface area contributed by atoms with E-state index in [0.29, 0.717) is 11.8 Å². The third kappa shape index (κ3) is 2.12. The van der Waals surface area contributed by atoms with E-state index in [9.17, 15) is 5.11 Å². The molecule has 1 saturated carbocycles. The Morgan fingerprint density at radius 1 is 1.07 bits per heavy atom. The van der Waals surface area contributed by atoms with Crippen LogP contribution in [0.25, 0.3) is 0 Å². The summed E-state index contributed by atoms with van der Waals surface area (Å²) in [4.78, 5) is 0. The van der Waals surface area contributed by atoms with E-state index < -0.39 is 0 Å². The fourth-order valence-electron chi connectivity index (χ4n) is 2.92. The van der Waals surface area contributed by atoms with Gasteiger partial charge in [-0.1, -0.05) is 39.0 Å². The van der Waals surface area contributed by atoms with Crippen molar-refractivity contribution in [3.63, 3.8) is 0 Å². The Kier molecular flexibility index (Phi) is 3.45. The molecular formula is C12H23NO. The van der Waals surface area contributed by atoms with Crippen molar-refractivity contribution in [2.45, 2.75) is 45.1 Å². The molecule has 14 heavy (non-hydrogen) atoms. The molecule has 2 aliphatic rings. The first kappa shape index (κ1) is 10.4. The van der Waals surface area contributed by atoms with Crippen LogP contribution in [0.3, 0.4) is 0 Å². The second-order valence-electron chi connectivity index (χ2n) is 5.17. The molecule has 0 aromatic heterocycles. The van der Waals surface area contributed by atoms with Gasteiger partial charge in [-0.05, 0) is 11.8 Å². The van der Waals surface area contributed by atoms with E-state index in [-0.39, 0.29) is 6.10 Å². The van der Waals surface area contributed by atoms with Gasteiger partial charge in [0.05, 0.1) is 6.10 Å². The third-order valence-corrected chi connectivity index (χ3v) is 4.23. The maximum atomic E-state index is 10.1. The molecule has 0 aromatic rings. The summed E-state index contributed by atoms with van der Waals surface area (Å²) in [6.07, 6.45) is 6.80. The van der Waals surface area contributed by atoms with Gasteiger partial charge in [-0.3, -0.25) is 0 Å². The minimum absolute atomic E-state index is 0.0562. The van der Waals surface area contributed by atoms with Gasteiger partial charge in [-0.25, -0.2) is 0 Å². The van der Waals surface area contributed by atoms with Crippen molar-refractivity contribution < 1.29 is 5.11 Å². The first-order valence-corrected chi connectivity index (χ1v) is 6.18. The Balaban J connectivity index is 1.82. The van der Waals surface area contributed by atoms with Crippen molar-refractivity contribution in [1.82, 2.24) is 5.32 Å². The number of nitrogens with one attached hydrogen (secondary N) is 1. The summed E-state index contributed by atoms with van der Waals surface area (Å²) >= 11 is 0. The van der Waals surface area contributed by atoms with E-state index in [1.54, 1.807) is 0 Å². The molecule has 2 rings (SSSR count). The normalized spacial score (nSPS) is 29.6. The van der Waals surface area contributed by atoms with Crippen LogP contribution in [0.2, 0.25) is 0 Å². The van der Waals surface area contributed by atoms with Gasteiger partial charge < -0.3 is 10.4 Å². The number of hydrogen-bond donors (Lipinski definition) is 2. The Labute approximate surface area is 87.1 Å². The standard InChI is InChI=1S/C12H23NO/c1-9(10-5-3-2-4-6-10)12(14)11-7-13-8-11/h9-14H,2-8H2,1H3. The number of aliphatic hydroxyl groups is 1. The molecule has 2 nitrogen and oxygen atoms in total. The van der Waals surface area contributed by atoms with E-state index in [0.717, 1.165) is 19.0 Å². The van der Waals surface area contributed by atoms with Crippen LogP contribution in [0.4, 0.5) is 0 Å². The molecule has 2 heteroatoms. The van der Waals surface area contributed by atoms with Crippen LogP contribution in [0, 0.1) is 17.8 Å². The molecule has 1 heterocycles. The highest BCUT2D eigenvalue weighted by atomic mass is 16.3. The van der Waals surface area contributed by atoms with Crippen molar-refractivity contribution in [2.24, 2.45) is 17.8 Å². The lowest BCUT2D eigenvalue weighted by Gasteiger charge is -2.38. The Hall–Kier alpha value is -0.0800. The zero-order valence-corrected chi connectivity index (χ0v) is 9.21. The molecule has 2 fully saturated rings. The number of aliphatic hydroxyl groups excluding tert-OH is 1. The molecule has 1 aliphatic carbocycles. The van der Waals surface area contributed by atoms with Crippen molar-refractivity contribution in [2.75, 3.05) is 13.1 Å². The summed E-state index contributed by atoms with van der Waals surface area (Å²) in [5.41, 5.74) is 0. The lowest BCUT2D eigenvalue weighted by molar-refractivity contribution is 0.00338. The first-order valence-electron chi connectivity index (χ1n) is 6.18. The monoisotopic (exact) mass is 197 g/mol. The van der Waals surface area contributed by atoms with Gasteiger partial charge in [0.15, 0.2) is 0 Å². The van der Waals surface area contributed by atoms with Crippen molar-refractivity contribution in [3.8, 4) is 0 Å². The average Bonchev–Trinajstić information content (AvgIpc) is 2.15. The highest BCUT2D eigenvalue weighted by Crippen LogP contribution is 2.33. The maximum Gasteiger partial charge on any atom is 0.0620 e. The largest absolute Gasteiger partial charge is 0.392 e. The Bertz CT molecular complexity index is 171. The highest BCUT2D eigenvalue weighted by molar-refractivity contribution is 4.87. The summed E-state index contributed by atoms with van der Waals surface area (Å²) < 4.78 is 0. The first-order chi connectivity index (χ1) is 6.79. The minimum Gasteiger partial charge on any atom is -0.392 e. The van der Waals surface area contributed by atoms with E-state index >= 15 is 0 Å². The van der Waals surface area contributed by atoms with Gasteiger partial charge in [0.2, 0.25) is 0 Å². The Morgan fingerprint density at radius 3 is 2.21 bits per heavy atom. The van der Waals surface area contributed by atoms with E-state index in [2.05, 4.69) is 12.2 Å². The highest BCUT2D eigenvalue weighted by Gasteiger charge is 2.33. The molecule has 2 N–H and O–H groups in total. The number of hydrogen-bond acceptors (Lipinski definition) is 2. The molecule has 0 radical (unpaired) electrons. The molecule has 0 amide bonds. The average molecular weight is 197 g/mol. The lowest BCUT2D eigenvalue weighted by Crippen LogP contribution is -2.51. The second kappa shape index (κ2) is 4.63. The minimum atomic E-state index is -0.0562. The summed E-state index contributed by atoms with van der Waals surface area (Å²) in [5, 5.41) is 13.4. The number of rotatable bonds is 3. The molecule has 0 spiro atoms. The van der Waals surface area contributed by atoms with Gasteiger partial charge in [0.25, 0.3) is 0 Å². The third-order valence-electron chi connectivity index (χ3n) is 4.23. The van der Waals surface area contributed by atoms with Gasteiger partial charge >= 0.3 is 0 Å². The molecule has 2 unspecified atom stereocenters. The van der Waals surface area contributed by atoms with Crippen molar-refractivity contribution in [3.05, 3.63) is 0 Å². The predicted octanol–water partition coefficient (Wildman–Crippen LogP) is 1.78. The maximum absolute atomic E-state index is 10.1. The van der Waals surface area contributed by atoms with E-state index in [1.807, 2.05) is 0 Å². The second-order valence-corrected chi connectivity index (χ2v) is 5.17. The summed E-state index contributed by atoms with van der Waals surface area (Å²) in [5.74, 6) is 1.84. The summed E-state index contributed by atoms with van der Waals surface area (Å²) in [6, 6.07) is 0. The van der Waals surface area contributed by atoms with Gasteiger partial charge in [0, 0.05) is 19.0 Å². The lowest BCUT2D eigenvalue weighted by atomic mass is 9.74.